The maximum atomic E-state index is 6.73. The zero-order valence-electron chi connectivity index (χ0n) is 65.6. The fraction of sp³-hybridized carbons (Fsp3) is 0.0179. The van der Waals surface area contributed by atoms with Gasteiger partial charge in [-0.2, -0.15) is 0 Å². The van der Waals surface area contributed by atoms with Gasteiger partial charge in [-0.3, -0.25) is 0 Å². The van der Waals surface area contributed by atoms with E-state index in [0.717, 1.165) is 205 Å². The van der Waals surface area contributed by atoms with Crippen molar-refractivity contribution in [2.45, 2.75) is 13.8 Å². The Morgan fingerprint density at radius 1 is 0.192 bits per heavy atom. The van der Waals surface area contributed by atoms with Crippen LogP contribution in [0.15, 0.2) is 409 Å². The van der Waals surface area contributed by atoms with Gasteiger partial charge in [-0.05, 0) is 119 Å². The number of para-hydroxylation sites is 4. The lowest BCUT2D eigenvalue weighted by Gasteiger charge is -2.17. The highest BCUT2D eigenvalue weighted by atomic mass is 16.3. The molecule has 0 spiro atoms. The Morgan fingerprint density at radius 2 is 0.525 bits per heavy atom. The molecule has 6 heterocycles. The molecule has 0 saturated heterocycles. The average Bonchev–Trinajstić information content (AvgIpc) is 1.49. The molecule has 0 radical (unpaired) electrons. The molecule has 0 aliphatic heterocycles. The maximum Gasteiger partial charge on any atom is 0.160 e. The molecule has 8 heteroatoms. The number of nitrogens with zero attached hydrogens (tertiary/aromatic N) is 6. The molecule has 0 aliphatic carbocycles. The number of rotatable bonds is 12. The molecule has 0 fully saturated rings. The molecule has 0 bridgehead atoms. The lowest BCUT2D eigenvalue weighted by atomic mass is 9.88. The van der Waals surface area contributed by atoms with Gasteiger partial charge in [0, 0.05) is 109 Å². The molecular formula is C112H72N6O2. The van der Waals surface area contributed by atoms with Crippen molar-refractivity contribution < 1.29 is 8.83 Å². The largest absolute Gasteiger partial charge is 0.456 e. The van der Waals surface area contributed by atoms with Crippen LogP contribution in [0.1, 0.15) is 11.1 Å². The van der Waals surface area contributed by atoms with Crippen LogP contribution in [0.2, 0.25) is 0 Å². The molecular weight excluding hydrogens is 1460 g/mol. The van der Waals surface area contributed by atoms with Gasteiger partial charge in [0.15, 0.2) is 11.6 Å². The fourth-order valence-electron chi connectivity index (χ4n) is 17.4. The molecule has 6 aromatic heterocycles. The van der Waals surface area contributed by atoms with Crippen LogP contribution >= 0.6 is 0 Å². The normalized spacial score (nSPS) is 11.6. The van der Waals surface area contributed by atoms with E-state index in [1.54, 1.807) is 0 Å². The van der Waals surface area contributed by atoms with Crippen LogP contribution in [0.4, 0.5) is 0 Å². The van der Waals surface area contributed by atoms with Crippen LogP contribution in [0.25, 0.3) is 233 Å². The number of furan rings is 2. The van der Waals surface area contributed by atoms with E-state index in [4.69, 9.17) is 38.7 Å². The third-order valence-corrected chi connectivity index (χ3v) is 23.3. The monoisotopic (exact) mass is 1530 g/mol. The van der Waals surface area contributed by atoms with Gasteiger partial charge in [-0.1, -0.05) is 351 Å². The van der Waals surface area contributed by atoms with Gasteiger partial charge in [0.25, 0.3) is 0 Å². The highest BCUT2D eigenvalue weighted by Crippen LogP contribution is 2.50. The zero-order valence-corrected chi connectivity index (χ0v) is 65.6. The number of fused-ring (bicyclic) bond motifs is 13. The van der Waals surface area contributed by atoms with E-state index >= 15 is 0 Å². The predicted octanol–water partition coefficient (Wildman–Crippen LogP) is 29.9. The second kappa shape index (κ2) is 29.7. The molecule has 17 aromatic carbocycles. The van der Waals surface area contributed by atoms with Crippen molar-refractivity contribution in [1.82, 2.24) is 29.9 Å². The number of hydrogen-bond acceptors (Lipinski definition) is 8. The minimum atomic E-state index is 0.680. The molecule has 8 nitrogen and oxygen atoms in total. The molecule has 0 amide bonds. The summed E-state index contributed by atoms with van der Waals surface area (Å²) in [5.74, 6) is 1.37. The van der Waals surface area contributed by atoms with Crippen molar-refractivity contribution in [2.24, 2.45) is 0 Å². The predicted molar refractivity (Wildman–Crippen MR) is 496 cm³/mol. The van der Waals surface area contributed by atoms with Crippen molar-refractivity contribution in [3.63, 3.8) is 0 Å². The molecule has 0 unspecified atom stereocenters. The van der Waals surface area contributed by atoms with Crippen LogP contribution in [0, 0.1) is 13.8 Å². The number of hydrogen-bond donors (Lipinski definition) is 0. The Hall–Kier alpha value is -15.9. The first-order valence-corrected chi connectivity index (χ1v) is 40.6. The standard InChI is InChI=1S/C57H35N3O.C55H37N3O/c1-3-15-36(16-4-1)37-29-31-39(32-30-37)56-47-34-52-55(46-25-10-12-28-51(46)61-52)53(54(47)45-24-9-11-27-48(45)58-56)42-22-13-21-41(33-42)49-35-50(60-57(59-49)40-18-5-2-6-19-40)44-26-14-20-38-17-7-8-23-43(38)44;1-34-19-23-38(24-20-34)47-33-48(58-55(57-47)40-25-21-35(2)22-26-40)41-13-10-14-42(31-41)51-52-43-15-6-8-17-46(43)56-54(39-29-27-37(28-30-39)36-11-4-3-5-12-36)45(52)32-50-53(51)44-16-7-9-18-49(44)59-50/h1-35H;3-33H,1-2H3. The summed E-state index contributed by atoms with van der Waals surface area (Å²) >= 11 is 0. The Labute approximate surface area is 692 Å². The Bertz CT molecular complexity index is 7870. The van der Waals surface area contributed by atoms with Crippen molar-refractivity contribution in [3.05, 3.63) is 412 Å². The van der Waals surface area contributed by atoms with Gasteiger partial charge < -0.3 is 8.83 Å². The van der Waals surface area contributed by atoms with E-state index in [1.807, 2.05) is 42.5 Å². The summed E-state index contributed by atoms with van der Waals surface area (Å²) in [6.07, 6.45) is 0. The SMILES string of the molecule is Cc1ccc(-c2cc(-c3cccc(-c4c5c(cc6c(-c7ccc(-c8ccccc8)cc7)nc7ccccc7c46)oc4ccccc45)c3)nc(-c3ccc(C)cc3)n2)cc1.c1ccc(-c2ccc(-c3nc4ccccc4c4c(-c5cccc(-c6cc(-c7cccc8ccccc78)nc(-c7ccccc7)n6)c5)c5c(cc34)oc3ccccc35)cc2)cc1. The smallest absolute Gasteiger partial charge is 0.160 e. The minimum absolute atomic E-state index is 0.680. The van der Waals surface area contributed by atoms with Gasteiger partial charge in [0.2, 0.25) is 0 Å². The van der Waals surface area contributed by atoms with Crippen LogP contribution in [0.3, 0.4) is 0 Å². The number of benzene rings is 17. The van der Waals surface area contributed by atoms with Crippen LogP contribution in [0.5, 0.6) is 0 Å². The lowest BCUT2D eigenvalue weighted by Crippen LogP contribution is -1.97. The van der Waals surface area contributed by atoms with E-state index in [2.05, 4.69) is 372 Å². The maximum absolute atomic E-state index is 6.73. The van der Waals surface area contributed by atoms with E-state index < -0.39 is 0 Å². The topological polar surface area (TPSA) is 104 Å². The van der Waals surface area contributed by atoms with Crippen molar-refractivity contribution in [2.75, 3.05) is 0 Å². The molecule has 120 heavy (non-hydrogen) atoms. The summed E-state index contributed by atoms with van der Waals surface area (Å²) in [5, 5.41) is 13.1. The first kappa shape index (κ1) is 70.7. The Balaban J connectivity index is 0.000000144. The summed E-state index contributed by atoms with van der Waals surface area (Å²) < 4.78 is 13.4. The van der Waals surface area contributed by atoms with E-state index in [9.17, 15) is 0 Å². The van der Waals surface area contributed by atoms with Crippen molar-refractivity contribution >= 4 is 98.0 Å². The number of aromatic nitrogens is 6. The lowest BCUT2D eigenvalue weighted by molar-refractivity contribution is 0.669. The number of aryl methyl sites for hydroxylation is 2. The second-order valence-electron chi connectivity index (χ2n) is 30.8. The molecule has 562 valence electrons. The highest BCUT2D eigenvalue weighted by Gasteiger charge is 2.26. The van der Waals surface area contributed by atoms with Crippen LogP contribution in [-0.2, 0) is 0 Å². The third kappa shape index (κ3) is 12.8. The summed E-state index contributed by atoms with van der Waals surface area (Å²) in [6, 6.07) is 141. The summed E-state index contributed by atoms with van der Waals surface area (Å²) in [5.41, 5.74) is 30.1. The molecule has 0 N–H and O–H groups in total. The second-order valence-corrected chi connectivity index (χ2v) is 30.8. The van der Waals surface area contributed by atoms with E-state index in [-0.39, 0.29) is 0 Å². The van der Waals surface area contributed by atoms with E-state index in [0.29, 0.717) is 11.6 Å². The Kier molecular flexibility index (Phi) is 17.5. The molecule has 0 atom stereocenters. The van der Waals surface area contributed by atoms with Gasteiger partial charge >= 0.3 is 0 Å². The van der Waals surface area contributed by atoms with Crippen molar-refractivity contribution in [3.8, 4) is 135 Å². The number of pyridine rings is 2. The Morgan fingerprint density at radius 3 is 1.02 bits per heavy atom. The minimum Gasteiger partial charge on any atom is -0.456 e. The molecule has 23 rings (SSSR count). The summed E-state index contributed by atoms with van der Waals surface area (Å²) in [4.78, 5) is 31.6. The van der Waals surface area contributed by atoms with Gasteiger partial charge in [-0.15, -0.1) is 0 Å². The molecule has 0 saturated carbocycles. The summed E-state index contributed by atoms with van der Waals surface area (Å²) in [7, 11) is 0. The first-order chi connectivity index (χ1) is 59.3. The first-order valence-electron chi connectivity index (χ1n) is 40.6. The van der Waals surface area contributed by atoms with Crippen LogP contribution in [-0.4, -0.2) is 29.9 Å². The van der Waals surface area contributed by atoms with Gasteiger partial charge in [-0.25, -0.2) is 29.9 Å². The quantitative estimate of drug-likeness (QED) is 0.111. The van der Waals surface area contributed by atoms with Gasteiger partial charge in [0.1, 0.15) is 22.3 Å². The molecule has 23 aromatic rings. The average molecular weight is 1530 g/mol. The summed E-state index contributed by atoms with van der Waals surface area (Å²) in [6.45, 7) is 4.21. The third-order valence-electron chi connectivity index (χ3n) is 23.3. The fourth-order valence-corrected chi connectivity index (χ4v) is 17.4. The van der Waals surface area contributed by atoms with Crippen LogP contribution < -0.4 is 0 Å². The molecule has 0 aliphatic rings. The van der Waals surface area contributed by atoms with Crippen molar-refractivity contribution in [1.29, 1.82) is 0 Å². The highest BCUT2D eigenvalue weighted by molar-refractivity contribution is 6.30. The van der Waals surface area contributed by atoms with Gasteiger partial charge in [0.05, 0.1) is 45.2 Å². The van der Waals surface area contributed by atoms with E-state index in [1.165, 1.54) is 27.6 Å². The zero-order chi connectivity index (χ0) is 79.7.